The molecule has 4 nitrogen and oxygen atoms in total. The monoisotopic (exact) mass is 998 g/mol. The van der Waals surface area contributed by atoms with Crippen molar-refractivity contribution < 1.29 is 0 Å². The van der Waals surface area contributed by atoms with Gasteiger partial charge in [0.05, 0.1) is 27.9 Å². The zero-order chi connectivity index (χ0) is 51.8. The Morgan fingerprint density at radius 3 is 1.28 bits per heavy atom. The van der Waals surface area contributed by atoms with Crippen LogP contribution in [0.15, 0.2) is 285 Å². The third-order valence-electron chi connectivity index (χ3n) is 15.4. The van der Waals surface area contributed by atoms with Gasteiger partial charge in [-0.3, -0.25) is 0 Å². The SMILES string of the molecule is C1=Cc2c(c3cc(N(c4ccccc4)c4ccc(/C=C/c5ccc(N(c6ccccc6)c6ccc7c(c6)c6ccccc6n7-c6ccccc6-c6ccccc6)cc5)cc4)ccc3n2-c2ccccc2-c2ccccc2)CC1. The molecule has 0 fully saturated rings. The summed E-state index contributed by atoms with van der Waals surface area (Å²) in [6.45, 7) is 0. The third kappa shape index (κ3) is 8.46. The molecule has 2 aromatic heterocycles. The van der Waals surface area contributed by atoms with Crippen molar-refractivity contribution in [1.82, 2.24) is 9.13 Å². The molecule has 0 radical (unpaired) electrons. The van der Waals surface area contributed by atoms with Crippen LogP contribution in [0.3, 0.4) is 0 Å². The number of aryl methyl sites for hydroxylation is 1. The van der Waals surface area contributed by atoms with Crippen LogP contribution in [-0.2, 0) is 6.42 Å². The number of aromatic nitrogens is 2. The van der Waals surface area contributed by atoms with Crippen LogP contribution in [0.1, 0.15) is 28.8 Å². The van der Waals surface area contributed by atoms with E-state index in [2.05, 4.69) is 322 Å². The maximum Gasteiger partial charge on any atom is 0.0542 e. The first kappa shape index (κ1) is 46.4. The minimum absolute atomic E-state index is 1.00. The van der Waals surface area contributed by atoms with Crippen molar-refractivity contribution in [1.29, 1.82) is 0 Å². The highest BCUT2D eigenvalue weighted by atomic mass is 15.1. The summed E-state index contributed by atoms with van der Waals surface area (Å²) in [5.41, 5.74) is 22.3. The van der Waals surface area contributed by atoms with Gasteiger partial charge in [0.15, 0.2) is 0 Å². The van der Waals surface area contributed by atoms with Crippen LogP contribution in [0.25, 0.3) is 84.6 Å². The second-order valence-electron chi connectivity index (χ2n) is 20.0. The van der Waals surface area contributed by atoms with Crippen molar-refractivity contribution in [2.24, 2.45) is 0 Å². The lowest BCUT2D eigenvalue weighted by Crippen LogP contribution is -2.09. The Labute approximate surface area is 455 Å². The van der Waals surface area contributed by atoms with E-state index in [0.717, 1.165) is 63.8 Å². The molecule has 4 heteroatoms. The van der Waals surface area contributed by atoms with E-state index in [1.54, 1.807) is 0 Å². The van der Waals surface area contributed by atoms with Crippen molar-refractivity contribution in [2.45, 2.75) is 12.8 Å². The number of anilines is 6. The van der Waals surface area contributed by atoms with Gasteiger partial charge in [-0.05, 0) is 150 Å². The Morgan fingerprint density at radius 1 is 0.321 bits per heavy atom. The Bertz CT molecular complexity index is 4340. The summed E-state index contributed by atoms with van der Waals surface area (Å²) in [5, 5.41) is 3.72. The van der Waals surface area contributed by atoms with Crippen LogP contribution in [0, 0.1) is 0 Å². The zero-order valence-corrected chi connectivity index (χ0v) is 43.1. The van der Waals surface area contributed by atoms with E-state index in [0.29, 0.717) is 0 Å². The van der Waals surface area contributed by atoms with Crippen LogP contribution < -0.4 is 9.80 Å². The largest absolute Gasteiger partial charge is 0.310 e. The maximum absolute atomic E-state index is 2.47. The number of hydrogen-bond donors (Lipinski definition) is 0. The Kier molecular flexibility index (Phi) is 12.0. The van der Waals surface area contributed by atoms with Gasteiger partial charge in [0.2, 0.25) is 0 Å². The predicted octanol–water partition coefficient (Wildman–Crippen LogP) is 20.1. The van der Waals surface area contributed by atoms with Crippen molar-refractivity contribution in [3.8, 4) is 33.6 Å². The molecule has 0 amide bonds. The standard InChI is InChI=1S/C74H54N4/c1-5-21-55(22-6-1)63-29-13-17-33-69(63)77-71-35-19-15-31-65(71)67-51-61(47-49-73(67)77)75(57-25-9-3-10-26-57)59-43-39-53(40-44-59)37-38-54-41-45-60(46-42-54)76(58-27-11-4-12-28-58)62-48-50-74-68(52-62)66-32-16-20-36-72(66)78(74)70-34-18-14-30-64(70)56-23-7-2-8-24-56/h1-15,17-31,33-52H,16,32H2/b38-37+. The summed E-state index contributed by atoms with van der Waals surface area (Å²) in [7, 11) is 0. The van der Waals surface area contributed by atoms with Crippen molar-refractivity contribution in [3.63, 3.8) is 0 Å². The number of allylic oxidation sites excluding steroid dienone is 1. The molecule has 78 heavy (non-hydrogen) atoms. The summed E-state index contributed by atoms with van der Waals surface area (Å²) in [5.74, 6) is 0. The van der Waals surface area contributed by atoms with Crippen LogP contribution in [0.5, 0.6) is 0 Å². The van der Waals surface area contributed by atoms with Crippen LogP contribution in [0.4, 0.5) is 34.1 Å². The number of benzene rings is 11. The molecule has 370 valence electrons. The van der Waals surface area contributed by atoms with E-state index >= 15 is 0 Å². The number of fused-ring (bicyclic) bond motifs is 6. The molecule has 14 rings (SSSR count). The van der Waals surface area contributed by atoms with Crippen LogP contribution in [0.2, 0.25) is 0 Å². The molecule has 0 unspecified atom stereocenters. The molecule has 1 aliphatic rings. The Morgan fingerprint density at radius 2 is 0.731 bits per heavy atom. The van der Waals surface area contributed by atoms with Crippen molar-refractivity contribution in [2.75, 3.05) is 9.80 Å². The second kappa shape index (κ2) is 20.2. The molecule has 0 saturated heterocycles. The molecule has 0 bridgehead atoms. The molecule has 0 atom stereocenters. The molecule has 0 N–H and O–H groups in total. The van der Waals surface area contributed by atoms with Gasteiger partial charge >= 0.3 is 0 Å². The number of para-hydroxylation sites is 5. The first-order valence-electron chi connectivity index (χ1n) is 27.0. The van der Waals surface area contributed by atoms with Gasteiger partial charge in [0.1, 0.15) is 0 Å². The molecule has 0 spiro atoms. The summed E-state index contributed by atoms with van der Waals surface area (Å²) >= 11 is 0. The average Bonchev–Trinajstić information content (AvgIpc) is 4.02. The van der Waals surface area contributed by atoms with E-state index in [1.807, 2.05) is 0 Å². The summed E-state index contributed by atoms with van der Waals surface area (Å²) in [6.07, 6.45) is 11.1. The highest BCUT2D eigenvalue weighted by Gasteiger charge is 2.23. The lowest BCUT2D eigenvalue weighted by molar-refractivity contribution is 0.968. The van der Waals surface area contributed by atoms with Gasteiger partial charge in [0.25, 0.3) is 0 Å². The molecule has 11 aromatic carbocycles. The number of hydrogen-bond acceptors (Lipinski definition) is 2. The van der Waals surface area contributed by atoms with E-state index < -0.39 is 0 Å². The normalized spacial score (nSPS) is 12.2. The average molecular weight is 999 g/mol. The maximum atomic E-state index is 2.47. The topological polar surface area (TPSA) is 16.3 Å². The van der Waals surface area contributed by atoms with Gasteiger partial charge in [-0.2, -0.15) is 0 Å². The first-order valence-corrected chi connectivity index (χ1v) is 27.0. The molecule has 1 aliphatic carbocycles. The first-order chi connectivity index (χ1) is 38.7. The fourth-order valence-electron chi connectivity index (χ4n) is 11.8. The predicted molar refractivity (Wildman–Crippen MR) is 331 cm³/mol. The van der Waals surface area contributed by atoms with E-state index in [4.69, 9.17) is 0 Å². The number of nitrogens with zero attached hydrogens (tertiary/aromatic N) is 4. The lowest BCUT2D eigenvalue weighted by atomic mass is 10.00. The lowest BCUT2D eigenvalue weighted by Gasteiger charge is -2.26. The van der Waals surface area contributed by atoms with Crippen LogP contribution in [-0.4, -0.2) is 9.13 Å². The molecular formula is C74H54N4. The second-order valence-corrected chi connectivity index (χ2v) is 20.0. The van der Waals surface area contributed by atoms with Gasteiger partial charge in [-0.1, -0.05) is 194 Å². The highest BCUT2D eigenvalue weighted by Crippen LogP contribution is 2.44. The molecule has 0 aliphatic heterocycles. The fourth-order valence-corrected chi connectivity index (χ4v) is 11.8. The van der Waals surface area contributed by atoms with Crippen molar-refractivity contribution in [3.05, 3.63) is 308 Å². The summed E-state index contributed by atoms with van der Waals surface area (Å²) in [6, 6.07) is 101. The Balaban J connectivity index is 0.771. The zero-order valence-electron chi connectivity index (χ0n) is 43.1. The Hall–Kier alpha value is -10.2. The van der Waals surface area contributed by atoms with Gasteiger partial charge in [-0.15, -0.1) is 0 Å². The van der Waals surface area contributed by atoms with E-state index in [9.17, 15) is 0 Å². The third-order valence-corrected chi connectivity index (χ3v) is 15.4. The number of rotatable bonds is 12. The molecule has 13 aromatic rings. The summed E-state index contributed by atoms with van der Waals surface area (Å²) in [4.78, 5) is 4.74. The highest BCUT2D eigenvalue weighted by molar-refractivity contribution is 6.11. The molecule has 2 heterocycles. The van der Waals surface area contributed by atoms with E-state index in [-0.39, 0.29) is 0 Å². The van der Waals surface area contributed by atoms with E-state index in [1.165, 1.54) is 71.9 Å². The minimum Gasteiger partial charge on any atom is -0.310 e. The smallest absolute Gasteiger partial charge is 0.0542 e. The molecule has 0 saturated carbocycles. The van der Waals surface area contributed by atoms with Crippen molar-refractivity contribution >= 4 is 85.1 Å². The minimum atomic E-state index is 1.00. The van der Waals surface area contributed by atoms with Gasteiger partial charge < -0.3 is 18.9 Å². The van der Waals surface area contributed by atoms with Gasteiger partial charge in [0, 0.05) is 67.1 Å². The fraction of sp³-hybridized carbons (Fsp3) is 0.0270. The quantitative estimate of drug-likeness (QED) is 0.113. The van der Waals surface area contributed by atoms with Crippen LogP contribution >= 0.6 is 0 Å². The summed E-state index contributed by atoms with van der Waals surface area (Å²) < 4.78 is 4.90. The van der Waals surface area contributed by atoms with Gasteiger partial charge in [-0.25, -0.2) is 0 Å². The molecular weight excluding hydrogens is 945 g/mol.